The lowest BCUT2D eigenvalue weighted by Gasteiger charge is -2.36. The highest BCUT2D eigenvalue weighted by molar-refractivity contribution is 5.97. The molecule has 3 amide bonds. The van der Waals surface area contributed by atoms with Crippen LogP contribution in [-0.4, -0.2) is 85.3 Å². The number of rotatable bonds is 3. The molecule has 2 rings (SSSR count). The minimum Gasteiger partial charge on any atom is -0.347 e. The third-order valence-corrected chi connectivity index (χ3v) is 3.79. The lowest BCUT2D eigenvalue weighted by Crippen LogP contribution is -2.59. The summed E-state index contributed by atoms with van der Waals surface area (Å²) in [5, 5.41) is 3.17. The first kappa shape index (κ1) is 14.9. The van der Waals surface area contributed by atoms with Crippen molar-refractivity contribution >= 4 is 17.7 Å². The largest absolute Gasteiger partial charge is 0.347 e. The summed E-state index contributed by atoms with van der Waals surface area (Å²) in [6.07, 6.45) is 1.19. The molecule has 2 heterocycles. The Morgan fingerprint density at radius 1 is 1.35 bits per heavy atom. The van der Waals surface area contributed by atoms with E-state index < -0.39 is 0 Å². The highest BCUT2D eigenvalue weighted by Crippen LogP contribution is 2.12. The molecule has 2 aliphatic rings. The number of likely N-dealkylation sites (tertiary alicyclic amines) is 1. The number of hydrogen-bond donors (Lipinski definition) is 1. The monoisotopic (exact) mass is 282 g/mol. The molecule has 2 aliphatic heterocycles. The lowest BCUT2D eigenvalue weighted by molar-refractivity contribution is -0.144. The van der Waals surface area contributed by atoms with E-state index in [0.29, 0.717) is 26.1 Å². The maximum atomic E-state index is 12.2. The fourth-order valence-corrected chi connectivity index (χ4v) is 2.65. The molecular weight excluding hydrogens is 260 g/mol. The van der Waals surface area contributed by atoms with Gasteiger partial charge in [0.1, 0.15) is 6.04 Å². The van der Waals surface area contributed by atoms with Crippen LogP contribution in [0.4, 0.5) is 0 Å². The molecule has 0 radical (unpaired) electrons. The average molecular weight is 282 g/mol. The summed E-state index contributed by atoms with van der Waals surface area (Å²) >= 11 is 0. The molecule has 1 unspecified atom stereocenters. The van der Waals surface area contributed by atoms with Gasteiger partial charge in [0.15, 0.2) is 0 Å². The van der Waals surface area contributed by atoms with E-state index in [0.717, 1.165) is 13.0 Å². The van der Waals surface area contributed by atoms with Crippen LogP contribution in [0.3, 0.4) is 0 Å². The predicted molar refractivity (Wildman–Crippen MR) is 72.9 cm³/mol. The Kier molecular flexibility index (Phi) is 4.72. The molecule has 112 valence electrons. The molecule has 0 saturated carbocycles. The van der Waals surface area contributed by atoms with Crippen molar-refractivity contribution in [2.24, 2.45) is 0 Å². The minimum atomic E-state index is -0.333. The van der Waals surface area contributed by atoms with Crippen molar-refractivity contribution in [3.05, 3.63) is 0 Å². The maximum absolute atomic E-state index is 12.2. The van der Waals surface area contributed by atoms with Gasteiger partial charge in [-0.1, -0.05) is 0 Å². The first-order valence-electron chi connectivity index (χ1n) is 7.00. The highest BCUT2D eigenvalue weighted by atomic mass is 16.2. The highest BCUT2D eigenvalue weighted by Gasteiger charge is 2.34. The molecule has 2 fully saturated rings. The van der Waals surface area contributed by atoms with Crippen LogP contribution in [0.15, 0.2) is 0 Å². The molecule has 1 atom stereocenters. The Balaban J connectivity index is 1.99. The molecule has 0 spiro atoms. The van der Waals surface area contributed by atoms with E-state index in [1.807, 2.05) is 4.90 Å². The van der Waals surface area contributed by atoms with Crippen LogP contribution in [0.25, 0.3) is 0 Å². The molecular formula is C13H22N4O3. The lowest BCUT2D eigenvalue weighted by atomic mass is 10.1. The Hall–Kier alpha value is -1.47. The van der Waals surface area contributed by atoms with Crippen molar-refractivity contribution in [1.29, 1.82) is 0 Å². The molecule has 0 aromatic heterocycles. The SMILES string of the molecule is CN(C)C(=O)C1CNCCN1CC(=O)N1CCCC1=O. The van der Waals surface area contributed by atoms with Crippen molar-refractivity contribution in [1.82, 2.24) is 20.0 Å². The molecule has 0 aromatic carbocycles. The third-order valence-electron chi connectivity index (χ3n) is 3.79. The normalized spacial score (nSPS) is 24.0. The first-order chi connectivity index (χ1) is 9.50. The summed E-state index contributed by atoms with van der Waals surface area (Å²) in [5.41, 5.74) is 0. The van der Waals surface area contributed by atoms with Crippen LogP contribution in [0.5, 0.6) is 0 Å². The van der Waals surface area contributed by atoms with Crippen LogP contribution in [0, 0.1) is 0 Å². The van der Waals surface area contributed by atoms with E-state index in [2.05, 4.69) is 5.32 Å². The summed E-state index contributed by atoms with van der Waals surface area (Å²) in [5.74, 6) is -0.302. The Morgan fingerprint density at radius 3 is 2.70 bits per heavy atom. The topological polar surface area (TPSA) is 73.0 Å². The minimum absolute atomic E-state index is 0.0160. The molecule has 20 heavy (non-hydrogen) atoms. The molecule has 0 aromatic rings. The Bertz CT molecular complexity index is 410. The number of nitrogens with one attached hydrogen (secondary N) is 1. The molecule has 0 bridgehead atoms. The number of likely N-dealkylation sites (N-methyl/N-ethyl adjacent to an activating group) is 1. The quantitative estimate of drug-likeness (QED) is 0.682. The van der Waals surface area contributed by atoms with Gasteiger partial charge in [0, 0.05) is 46.7 Å². The predicted octanol–water partition coefficient (Wildman–Crippen LogP) is -1.50. The number of nitrogens with zero attached hydrogens (tertiary/aromatic N) is 3. The number of piperazine rings is 1. The van der Waals surface area contributed by atoms with E-state index in [9.17, 15) is 14.4 Å². The van der Waals surface area contributed by atoms with Gasteiger partial charge in [-0.15, -0.1) is 0 Å². The van der Waals surface area contributed by atoms with Gasteiger partial charge < -0.3 is 10.2 Å². The summed E-state index contributed by atoms with van der Waals surface area (Å²) < 4.78 is 0. The number of amides is 3. The molecule has 1 N–H and O–H groups in total. The third kappa shape index (κ3) is 3.16. The van der Waals surface area contributed by atoms with Crippen LogP contribution in [0.2, 0.25) is 0 Å². The molecule has 7 nitrogen and oxygen atoms in total. The van der Waals surface area contributed by atoms with Gasteiger partial charge in [-0.25, -0.2) is 0 Å². The standard InChI is InChI=1S/C13H22N4O3/c1-15(2)13(20)10-8-14-5-7-16(10)9-12(19)17-6-3-4-11(17)18/h10,14H,3-9H2,1-2H3. The van der Waals surface area contributed by atoms with E-state index >= 15 is 0 Å². The van der Waals surface area contributed by atoms with Crippen molar-refractivity contribution in [2.45, 2.75) is 18.9 Å². The van der Waals surface area contributed by atoms with Gasteiger partial charge in [0.2, 0.25) is 17.7 Å². The maximum Gasteiger partial charge on any atom is 0.243 e. The van der Waals surface area contributed by atoms with Gasteiger partial charge in [0.25, 0.3) is 0 Å². The van der Waals surface area contributed by atoms with Crippen LogP contribution >= 0.6 is 0 Å². The van der Waals surface area contributed by atoms with Gasteiger partial charge in [-0.05, 0) is 6.42 Å². The average Bonchev–Trinajstić information content (AvgIpc) is 2.84. The van der Waals surface area contributed by atoms with E-state index in [4.69, 9.17) is 0 Å². The van der Waals surface area contributed by atoms with Crippen molar-refractivity contribution in [3.8, 4) is 0 Å². The number of carbonyl (C=O) groups is 3. The van der Waals surface area contributed by atoms with E-state index in [1.165, 1.54) is 9.80 Å². The van der Waals surface area contributed by atoms with Gasteiger partial charge >= 0.3 is 0 Å². The van der Waals surface area contributed by atoms with Crippen LogP contribution in [0.1, 0.15) is 12.8 Å². The first-order valence-corrected chi connectivity index (χ1v) is 7.00. The summed E-state index contributed by atoms with van der Waals surface area (Å²) in [7, 11) is 3.42. The zero-order valence-electron chi connectivity index (χ0n) is 12.1. The molecule has 2 saturated heterocycles. The fourth-order valence-electron chi connectivity index (χ4n) is 2.65. The summed E-state index contributed by atoms with van der Waals surface area (Å²) in [6.45, 7) is 2.57. The summed E-state index contributed by atoms with van der Waals surface area (Å²) in [6, 6.07) is -0.333. The fraction of sp³-hybridized carbons (Fsp3) is 0.769. The van der Waals surface area contributed by atoms with Crippen LogP contribution in [-0.2, 0) is 14.4 Å². The zero-order chi connectivity index (χ0) is 14.7. The summed E-state index contributed by atoms with van der Waals surface area (Å²) in [4.78, 5) is 40.6. The Labute approximate surface area is 118 Å². The second kappa shape index (κ2) is 6.32. The van der Waals surface area contributed by atoms with Crippen molar-refractivity contribution in [2.75, 3.05) is 46.8 Å². The van der Waals surface area contributed by atoms with E-state index in [1.54, 1.807) is 14.1 Å². The number of hydrogen-bond acceptors (Lipinski definition) is 5. The molecule has 0 aliphatic carbocycles. The number of carbonyl (C=O) groups excluding carboxylic acids is 3. The van der Waals surface area contributed by atoms with Gasteiger partial charge in [-0.2, -0.15) is 0 Å². The van der Waals surface area contributed by atoms with Crippen molar-refractivity contribution < 1.29 is 14.4 Å². The Morgan fingerprint density at radius 2 is 2.10 bits per heavy atom. The van der Waals surface area contributed by atoms with Gasteiger partial charge in [0.05, 0.1) is 6.54 Å². The smallest absolute Gasteiger partial charge is 0.243 e. The molecule has 7 heteroatoms. The van der Waals surface area contributed by atoms with E-state index in [-0.39, 0.29) is 30.3 Å². The van der Waals surface area contributed by atoms with Crippen LogP contribution < -0.4 is 5.32 Å². The second-order valence-electron chi connectivity index (χ2n) is 5.47. The zero-order valence-corrected chi connectivity index (χ0v) is 12.1. The second-order valence-corrected chi connectivity index (χ2v) is 5.47. The number of imide groups is 1. The van der Waals surface area contributed by atoms with Gasteiger partial charge in [-0.3, -0.25) is 24.2 Å². The van der Waals surface area contributed by atoms with Crippen molar-refractivity contribution in [3.63, 3.8) is 0 Å².